The standard InChI is InChI=1S/C14H23N3O4S/c1-11-4-5-13(21-9-6-15)12(10-11)14(18)16-7-8-17(2)22(3,19)20/h4-5,10H,6-9,15H2,1-3H3,(H,16,18). The van der Waals surface area contributed by atoms with Crippen LogP contribution in [0.5, 0.6) is 5.75 Å². The number of hydrogen-bond acceptors (Lipinski definition) is 5. The Balaban J connectivity index is 2.70. The molecule has 124 valence electrons. The lowest BCUT2D eigenvalue weighted by Crippen LogP contribution is -2.35. The fourth-order valence-corrected chi connectivity index (χ4v) is 2.13. The first kappa shape index (κ1) is 18.4. The third-order valence-electron chi connectivity index (χ3n) is 3.03. The number of sulfonamides is 1. The Morgan fingerprint density at radius 1 is 1.41 bits per heavy atom. The predicted octanol–water partition coefficient (Wildman–Crippen LogP) is -0.0463. The van der Waals surface area contributed by atoms with Gasteiger partial charge in [0.15, 0.2) is 0 Å². The van der Waals surface area contributed by atoms with E-state index in [1.807, 2.05) is 13.0 Å². The smallest absolute Gasteiger partial charge is 0.255 e. The summed E-state index contributed by atoms with van der Waals surface area (Å²) < 4.78 is 29.2. The molecule has 0 unspecified atom stereocenters. The van der Waals surface area contributed by atoms with Crippen LogP contribution in [0.1, 0.15) is 15.9 Å². The molecule has 0 radical (unpaired) electrons. The first-order chi connectivity index (χ1) is 10.3. The van der Waals surface area contributed by atoms with Gasteiger partial charge in [0.25, 0.3) is 5.91 Å². The molecule has 0 aliphatic heterocycles. The third kappa shape index (κ3) is 5.63. The molecule has 0 atom stereocenters. The summed E-state index contributed by atoms with van der Waals surface area (Å²) in [4.78, 5) is 12.2. The van der Waals surface area contributed by atoms with Crippen molar-refractivity contribution in [3.63, 3.8) is 0 Å². The van der Waals surface area contributed by atoms with Crippen LogP contribution in [0.3, 0.4) is 0 Å². The molecule has 0 fully saturated rings. The Hall–Kier alpha value is -1.64. The van der Waals surface area contributed by atoms with Crippen LogP contribution in [-0.2, 0) is 10.0 Å². The van der Waals surface area contributed by atoms with E-state index in [1.54, 1.807) is 12.1 Å². The lowest BCUT2D eigenvalue weighted by Gasteiger charge is -2.15. The van der Waals surface area contributed by atoms with Crippen molar-refractivity contribution in [1.29, 1.82) is 0 Å². The summed E-state index contributed by atoms with van der Waals surface area (Å²) in [6.45, 7) is 2.97. The fourth-order valence-electron chi connectivity index (χ4n) is 1.70. The molecular formula is C14H23N3O4S. The molecule has 0 saturated heterocycles. The molecule has 1 amide bonds. The second-order valence-corrected chi connectivity index (χ2v) is 7.07. The van der Waals surface area contributed by atoms with Crippen LogP contribution >= 0.6 is 0 Å². The number of benzene rings is 1. The lowest BCUT2D eigenvalue weighted by molar-refractivity contribution is 0.0948. The van der Waals surface area contributed by atoms with Crippen molar-refractivity contribution >= 4 is 15.9 Å². The Kier molecular flexibility index (Phi) is 6.79. The summed E-state index contributed by atoms with van der Waals surface area (Å²) in [5, 5.41) is 2.69. The zero-order chi connectivity index (χ0) is 16.8. The summed E-state index contributed by atoms with van der Waals surface area (Å²) in [7, 11) is -1.79. The summed E-state index contributed by atoms with van der Waals surface area (Å²) in [6, 6.07) is 5.30. The van der Waals surface area contributed by atoms with Crippen LogP contribution in [-0.4, -0.2) is 58.2 Å². The average Bonchev–Trinajstić information content (AvgIpc) is 2.44. The van der Waals surface area contributed by atoms with Gasteiger partial charge in [-0.3, -0.25) is 4.79 Å². The highest BCUT2D eigenvalue weighted by molar-refractivity contribution is 7.88. The van der Waals surface area contributed by atoms with Gasteiger partial charge >= 0.3 is 0 Å². The molecule has 8 heteroatoms. The van der Waals surface area contributed by atoms with Gasteiger partial charge in [-0.25, -0.2) is 12.7 Å². The molecule has 1 aromatic rings. The van der Waals surface area contributed by atoms with Gasteiger partial charge < -0.3 is 15.8 Å². The van der Waals surface area contributed by atoms with Crippen LogP contribution in [0.25, 0.3) is 0 Å². The molecule has 0 heterocycles. The van der Waals surface area contributed by atoms with Crippen LogP contribution in [0.15, 0.2) is 18.2 Å². The van der Waals surface area contributed by atoms with Gasteiger partial charge in [-0.2, -0.15) is 0 Å². The fraction of sp³-hybridized carbons (Fsp3) is 0.500. The van der Waals surface area contributed by atoms with Gasteiger partial charge in [-0.05, 0) is 19.1 Å². The highest BCUT2D eigenvalue weighted by Crippen LogP contribution is 2.19. The number of nitrogens with one attached hydrogen (secondary N) is 1. The van der Waals surface area contributed by atoms with Crippen LogP contribution < -0.4 is 15.8 Å². The molecule has 1 rings (SSSR count). The van der Waals surface area contributed by atoms with E-state index in [-0.39, 0.29) is 19.0 Å². The van der Waals surface area contributed by atoms with E-state index in [0.29, 0.717) is 24.5 Å². The maximum absolute atomic E-state index is 12.2. The predicted molar refractivity (Wildman–Crippen MR) is 85.5 cm³/mol. The first-order valence-corrected chi connectivity index (χ1v) is 8.73. The second kappa shape index (κ2) is 8.11. The number of nitrogens with two attached hydrogens (primary N) is 1. The minimum absolute atomic E-state index is 0.204. The minimum atomic E-state index is -3.25. The number of likely N-dealkylation sites (N-methyl/N-ethyl adjacent to an activating group) is 1. The van der Waals surface area contributed by atoms with Gasteiger partial charge in [-0.15, -0.1) is 0 Å². The van der Waals surface area contributed by atoms with Crippen molar-refractivity contribution < 1.29 is 17.9 Å². The molecule has 7 nitrogen and oxygen atoms in total. The summed E-state index contributed by atoms with van der Waals surface area (Å²) in [6.07, 6.45) is 1.12. The van der Waals surface area contributed by atoms with Crippen LogP contribution in [0.4, 0.5) is 0 Å². The van der Waals surface area contributed by atoms with Gasteiger partial charge in [0, 0.05) is 26.7 Å². The quantitative estimate of drug-likeness (QED) is 0.696. The van der Waals surface area contributed by atoms with Crippen LogP contribution in [0.2, 0.25) is 0 Å². The number of hydrogen-bond donors (Lipinski definition) is 2. The van der Waals surface area contributed by atoms with Gasteiger partial charge in [0.05, 0.1) is 11.8 Å². The SMILES string of the molecule is Cc1ccc(OCCN)c(C(=O)NCCN(C)S(C)(=O)=O)c1. The molecule has 22 heavy (non-hydrogen) atoms. The number of amides is 1. The maximum Gasteiger partial charge on any atom is 0.255 e. The zero-order valence-corrected chi connectivity index (χ0v) is 13.9. The molecule has 0 aliphatic rings. The van der Waals surface area contributed by atoms with Crippen molar-refractivity contribution in [2.75, 3.05) is 39.5 Å². The van der Waals surface area contributed by atoms with E-state index in [4.69, 9.17) is 10.5 Å². The largest absolute Gasteiger partial charge is 0.491 e. The van der Waals surface area contributed by atoms with E-state index in [9.17, 15) is 13.2 Å². The Morgan fingerprint density at radius 2 is 2.09 bits per heavy atom. The molecule has 3 N–H and O–H groups in total. The highest BCUT2D eigenvalue weighted by atomic mass is 32.2. The van der Waals surface area contributed by atoms with E-state index in [1.165, 1.54) is 11.4 Å². The van der Waals surface area contributed by atoms with Crippen molar-refractivity contribution in [2.45, 2.75) is 6.92 Å². The molecule has 0 aromatic heterocycles. The Bertz CT molecular complexity index is 617. The van der Waals surface area contributed by atoms with E-state index in [2.05, 4.69) is 5.32 Å². The summed E-state index contributed by atoms with van der Waals surface area (Å²) >= 11 is 0. The van der Waals surface area contributed by atoms with E-state index >= 15 is 0 Å². The maximum atomic E-state index is 12.2. The van der Waals surface area contributed by atoms with E-state index < -0.39 is 10.0 Å². The monoisotopic (exact) mass is 329 g/mol. The van der Waals surface area contributed by atoms with Gasteiger partial charge in [-0.1, -0.05) is 11.6 Å². The highest BCUT2D eigenvalue weighted by Gasteiger charge is 2.14. The van der Waals surface area contributed by atoms with Gasteiger partial charge in [0.1, 0.15) is 12.4 Å². The summed E-state index contributed by atoms with van der Waals surface area (Å²) in [5.41, 5.74) is 6.74. The third-order valence-corrected chi connectivity index (χ3v) is 4.35. The number of ether oxygens (including phenoxy) is 1. The van der Waals surface area contributed by atoms with Crippen LogP contribution in [0, 0.1) is 6.92 Å². The lowest BCUT2D eigenvalue weighted by atomic mass is 10.1. The first-order valence-electron chi connectivity index (χ1n) is 6.88. The van der Waals surface area contributed by atoms with Crippen molar-refractivity contribution in [2.24, 2.45) is 5.73 Å². The molecular weight excluding hydrogens is 306 g/mol. The van der Waals surface area contributed by atoms with E-state index in [0.717, 1.165) is 11.8 Å². The van der Waals surface area contributed by atoms with Crippen molar-refractivity contribution in [1.82, 2.24) is 9.62 Å². The van der Waals surface area contributed by atoms with Crippen molar-refractivity contribution in [3.05, 3.63) is 29.3 Å². The number of rotatable bonds is 8. The molecule has 0 bridgehead atoms. The zero-order valence-electron chi connectivity index (χ0n) is 13.1. The summed E-state index contributed by atoms with van der Waals surface area (Å²) in [5.74, 6) is 0.155. The molecule has 0 aliphatic carbocycles. The number of nitrogens with zero attached hydrogens (tertiary/aromatic N) is 1. The second-order valence-electron chi connectivity index (χ2n) is 4.98. The Labute approximate surface area is 131 Å². The Morgan fingerprint density at radius 3 is 2.68 bits per heavy atom. The van der Waals surface area contributed by atoms with Gasteiger partial charge in [0.2, 0.25) is 10.0 Å². The minimum Gasteiger partial charge on any atom is -0.491 e. The molecule has 0 spiro atoms. The number of carbonyl (C=O) groups is 1. The number of carbonyl (C=O) groups excluding carboxylic acids is 1. The average molecular weight is 329 g/mol. The topological polar surface area (TPSA) is 102 Å². The molecule has 0 saturated carbocycles. The normalized spacial score (nSPS) is 11.5. The molecule has 1 aromatic carbocycles. The number of aryl methyl sites for hydroxylation is 1. The van der Waals surface area contributed by atoms with Crippen molar-refractivity contribution in [3.8, 4) is 5.75 Å².